The van der Waals surface area contributed by atoms with E-state index in [4.69, 9.17) is 4.74 Å². The summed E-state index contributed by atoms with van der Waals surface area (Å²) in [4.78, 5) is 30.8. The number of nitrogens with zero attached hydrogens (tertiary/aromatic N) is 2. The third kappa shape index (κ3) is 3.37. The van der Waals surface area contributed by atoms with E-state index >= 15 is 0 Å². The highest BCUT2D eigenvalue weighted by Gasteiger charge is 2.47. The minimum absolute atomic E-state index is 0.354. The minimum Gasteiger partial charge on any atom is -0.466 e. The molecule has 0 aliphatic carbocycles. The van der Waals surface area contributed by atoms with Crippen molar-refractivity contribution in [2.45, 2.75) is 26.0 Å². The van der Waals surface area contributed by atoms with Crippen LogP contribution in [0.2, 0.25) is 0 Å². The standard InChI is InChI=1S/C25H22N4O3/c1-16-12-13-21-19(14-16)26-22(30)25(2,32-21)23(31)28-24-27-18-10-6-7-11-20(18)29(24)15-17-8-4-3-5-9-17/h3-14H,15H2,1-2H3,(H,26,30)(H,27,28,31). The summed E-state index contributed by atoms with van der Waals surface area (Å²) in [6.45, 7) is 3.90. The highest BCUT2D eigenvalue weighted by atomic mass is 16.5. The molecule has 4 aromatic rings. The lowest BCUT2D eigenvalue weighted by molar-refractivity contribution is -0.143. The van der Waals surface area contributed by atoms with E-state index < -0.39 is 17.4 Å². The highest BCUT2D eigenvalue weighted by molar-refractivity contribution is 6.18. The number of carbonyl (C=O) groups excluding carboxylic acids is 2. The van der Waals surface area contributed by atoms with Crippen molar-refractivity contribution in [2.75, 3.05) is 10.6 Å². The Kier molecular flexibility index (Phi) is 4.66. The first-order valence-electron chi connectivity index (χ1n) is 10.4. The predicted octanol–water partition coefficient (Wildman–Crippen LogP) is 4.12. The summed E-state index contributed by atoms with van der Waals surface area (Å²) in [5.41, 5.74) is 2.49. The van der Waals surface area contributed by atoms with Crippen molar-refractivity contribution in [3.8, 4) is 5.75 Å². The molecular formula is C25H22N4O3. The van der Waals surface area contributed by atoms with Gasteiger partial charge in [0.15, 0.2) is 0 Å². The summed E-state index contributed by atoms with van der Waals surface area (Å²) in [5.74, 6) is -0.317. The van der Waals surface area contributed by atoms with Gasteiger partial charge in [-0.3, -0.25) is 14.9 Å². The number of para-hydroxylation sites is 2. The van der Waals surface area contributed by atoms with Crippen molar-refractivity contribution in [3.63, 3.8) is 0 Å². The van der Waals surface area contributed by atoms with Crippen LogP contribution in [0.3, 0.4) is 0 Å². The van der Waals surface area contributed by atoms with Crippen LogP contribution in [0.1, 0.15) is 18.1 Å². The van der Waals surface area contributed by atoms with Gasteiger partial charge in [-0.15, -0.1) is 0 Å². The molecule has 1 aromatic heterocycles. The molecule has 0 radical (unpaired) electrons. The molecule has 1 aliphatic heterocycles. The van der Waals surface area contributed by atoms with Crippen LogP contribution >= 0.6 is 0 Å². The number of fused-ring (bicyclic) bond motifs is 2. The van der Waals surface area contributed by atoms with Crippen LogP contribution in [0, 0.1) is 6.92 Å². The molecule has 7 heteroatoms. The second kappa shape index (κ2) is 7.53. The number of rotatable bonds is 4. The quantitative estimate of drug-likeness (QED) is 0.481. The number of imidazole rings is 1. The van der Waals surface area contributed by atoms with Gasteiger partial charge in [0.2, 0.25) is 5.95 Å². The summed E-state index contributed by atoms with van der Waals surface area (Å²) in [6, 6.07) is 23.0. The zero-order chi connectivity index (χ0) is 22.3. The predicted molar refractivity (Wildman–Crippen MR) is 123 cm³/mol. The molecule has 2 amide bonds. The molecule has 32 heavy (non-hydrogen) atoms. The number of ether oxygens (including phenoxy) is 1. The Morgan fingerprint density at radius 2 is 1.84 bits per heavy atom. The van der Waals surface area contributed by atoms with Gasteiger partial charge in [-0.2, -0.15) is 0 Å². The van der Waals surface area contributed by atoms with Crippen LogP contribution in [0.5, 0.6) is 5.75 Å². The van der Waals surface area contributed by atoms with Crippen molar-refractivity contribution >= 4 is 34.5 Å². The normalized spacial score (nSPS) is 17.4. The molecular weight excluding hydrogens is 404 g/mol. The second-order valence-corrected chi connectivity index (χ2v) is 8.04. The maximum absolute atomic E-state index is 13.3. The van der Waals surface area contributed by atoms with Crippen molar-refractivity contribution in [1.82, 2.24) is 9.55 Å². The van der Waals surface area contributed by atoms with E-state index in [9.17, 15) is 9.59 Å². The van der Waals surface area contributed by atoms with E-state index in [1.807, 2.05) is 78.2 Å². The van der Waals surface area contributed by atoms with Crippen molar-refractivity contribution in [3.05, 3.63) is 83.9 Å². The smallest absolute Gasteiger partial charge is 0.280 e. The number of hydrogen-bond acceptors (Lipinski definition) is 4. The van der Waals surface area contributed by atoms with E-state index in [-0.39, 0.29) is 0 Å². The van der Waals surface area contributed by atoms with Crippen molar-refractivity contribution in [1.29, 1.82) is 0 Å². The largest absolute Gasteiger partial charge is 0.466 e. The van der Waals surface area contributed by atoms with E-state index in [0.29, 0.717) is 23.9 Å². The molecule has 0 bridgehead atoms. The Morgan fingerprint density at radius 1 is 1.09 bits per heavy atom. The van der Waals surface area contributed by atoms with E-state index in [2.05, 4.69) is 15.6 Å². The molecule has 160 valence electrons. The van der Waals surface area contributed by atoms with Crippen molar-refractivity contribution < 1.29 is 14.3 Å². The van der Waals surface area contributed by atoms with Gasteiger partial charge in [0.25, 0.3) is 17.4 Å². The zero-order valence-corrected chi connectivity index (χ0v) is 17.8. The Labute approximate surface area is 185 Å². The molecule has 0 spiro atoms. The van der Waals surface area contributed by atoms with Crippen LogP contribution in [0.25, 0.3) is 11.0 Å². The molecule has 2 heterocycles. The van der Waals surface area contributed by atoms with Gasteiger partial charge in [0.1, 0.15) is 5.75 Å². The first-order valence-corrected chi connectivity index (χ1v) is 10.4. The molecule has 5 rings (SSSR count). The van der Waals surface area contributed by atoms with E-state index in [1.54, 1.807) is 6.07 Å². The van der Waals surface area contributed by atoms with Crippen LogP contribution in [-0.4, -0.2) is 27.0 Å². The van der Waals surface area contributed by atoms with Gasteiger partial charge < -0.3 is 14.6 Å². The summed E-state index contributed by atoms with van der Waals surface area (Å²) in [5, 5.41) is 5.62. The maximum atomic E-state index is 13.3. The number of benzene rings is 3. The lowest BCUT2D eigenvalue weighted by atomic mass is 10.0. The SMILES string of the molecule is Cc1ccc2c(c1)NC(=O)C(C)(C(=O)Nc1nc3ccccc3n1Cc1ccccc1)O2. The Hall–Kier alpha value is -4.13. The topological polar surface area (TPSA) is 85.3 Å². The van der Waals surface area contributed by atoms with Gasteiger partial charge in [0, 0.05) is 0 Å². The molecule has 1 atom stereocenters. The minimum atomic E-state index is -1.74. The van der Waals surface area contributed by atoms with Crippen LogP contribution in [-0.2, 0) is 16.1 Å². The summed E-state index contributed by atoms with van der Waals surface area (Å²) in [7, 11) is 0. The number of amides is 2. The second-order valence-electron chi connectivity index (χ2n) is 8.04. The van der Waals surface area contributed by atoms with Gasteiger partial charge in [0.05, 0.1) is 23.3 Å². The first kappa shape index (κ1) is 19.8. The molecule has 0 fully saturated rings. The number of carbonyl (C=O) groups is 2. The zero-order valence-electron chi connectivity index (χ0n) is 17.8. The monoisotopic (exact) mass is 426 g/mol. The highest BCUT2D eigenvalue weighted by Crippen LogP contribution is 2.35. The fourth-order valence-electron chi connectivity index (χ4n) is 3.81. The van der Waals surface area contributed by atoms with Gasteiger partial charge in [-0.1, -0.05) is 48.5 Å². The number of nitrogens with one attached hydrogen (secondary N) is 2. The van der Waals surface area contributed by atoms with Gasteiger partial charge >= 0.3 is 0 Å². The molecule has 0 saturated heterocycles. The number of aromatic nitrogens is 2. The average molecular weight is 426 g/mol. The van der Waals surface area contributed by atoms with Crippen molar-refractivity contribution in [2.24, 2.45) is 0 Å². The first-order chi connectivity index (χ1) is 15.4. The van der Waals surface area contributed by atoms with E-state index in [1.165, 1.54) is 6.92 Å². The lowest BCUT2D eigenvalue weighted by Gasteiger charge is -2.33. The molecule has 2 N–H and O–H groups in total. The third-order valence-corrected chi connectivity index (χ3v) is 5.63. The van der Waals surface area contributed by atoms with Crippen LogP contribution < -0.4 is 15.4 Å². The summed E-state index contributed by atoms with van der Waals surface area (Å²) < 4.78 is 7.81. The molecule has 1 unspecified atom stereocenters. The molecule has 3 aromatic carbocycles. The average Bonchev–Trinajstić information content (AvgIpc) is 3.12. The molecule has 1 aliphatic rings. The molecule has 0 saturated carbocycles. The summed E-state index contributed by atoms with van der Waals surface area (Å²) >= 11 is 0. The molecule has 7 nitrogen and oxygen atoms in total. The number of anilines is 2. The fraction of sp³-hybridized carbons (Fsp3) is 0.160. The summed E-state index contributed by atoms with van der Waals surface area (Å²) in [6.07, 6.45) is 0. The Balaban J connectivity index is 1.49. The fourth-order valence-corrected chi connectivity index (χ4v) is 3.81. The number of aryl methyl sites for hydroxylation is 1. The third-order valence-electron chi connectivity index (χ3n) is 5.63. The maximum Gasteiger partial charge on any atom is 0.280 e. The van der Waals surface area contributed by atoms with Gasteiger partial charge in [-0.05, 0) is 49.2 Å². The lowest BCUT2D eigenvalue weighted by Crippen LogP contribution is -2.56. The van der Waals surface area contributed by atoms with Crippen LogP contribution in [0.15, 0.2) is 72.8 Å². The number of hydrogen-bond donors (Lipinski definition) is 2. The Bertz CT molecular complexity index is 1350. The van der Waals surface area contributed by atoms with E-state index in [0.717, 1.165) is 22.2 Å². The van der Waals surface area contributed by atoms with Crippen LogP contribution in [0.4, 0.5) is 11.6 Å². The van der Waals surface area contributed by atoms with Gasteiger partial charge in [-0.25, -0.2) is 4.98 Å². The Morgan fingerprint density at radius 3 is 2.66 bits per heavy atom.